The third-order valence-corrected chi connectivity index (χ3v) is 9.22. The van der Waals surface area contributed by atoms with Gasteiger partial charge in [-0.25, -0.2) is 0 Å². The van der Waals surface area contributed by atoms with Gasteiger partial charge in [-0.05, 0) is 112 Å². The molecule has 0 bridgehead atoms. The summed E-state index contributed by atoms with van der Waals surface area (Å²) in [6.45, 7) is 0. The number of benzene rings is 9. The van der Waals surface area contributed by atoms with Crippen LogP contribution in [0.1, 0.15) is 0 Å². The van der Waals surface area contributed by atoms with Crippen LogP contribution in [0.15, 0.2) is 170 Å². The molecular formula is C44H28. The maximum Gasteiger partial charge on any atom is -0.00923 e. The fourth-order valence-electron chi connectivity index (χ4n) is 7.09. The van der Waals surface area contributed by atoms with Crippen LogP contribution >= 0.6 is 0 Å². The van der Waals surface area contributed by atoms with Crippen LogP contribution in [-0.4, -0.2) is 0 Å². The Morgan fingerprint density at radius 3 is 1.66 bits per heavy atom. The summed E-state index contributed by atoms with van der Waals surface area (Å²) in [6.07, 6.45) is 0. The van der Waals surface area contributed by atoms with Crippen molar-refractivity contribution in [3.8, 4) is 33.4 Å². The molecule has 0 aliphatic rings. The topological polar surface area (TPSA) is 0 Å². The molecule has 9 aromatic rings. The lowest BCUT2D eigenvalue weighted by atomic mass is 9.85. The lowest BCUT2D eigenvalue weighted by Gasteiger charge is -2.18. The second-order valence-electron chi connectivity index (χ2n) is 11.7. The first kappa shape index (κ1) is 24.8. The number of hydrogen-bond acceptors (Lipinski definition) is 0. The monoisotopic (exact) mass is 556 g/mol. The van der Waals surface area contributed by atoms with Crippen LogP contribution in [0.2, 0.25) is 0 Å². The molecule has 0 aliphatic carbocycles. The first-order valence-corrected chi connectivity index (χ1v) is 15.3. The largest absolute Gasteiger partial charge is 0.0622 e. The van der Waals surface area contributed by atoms with E-state index in [-0.39, 0.29) is 0 Å². The van der Waals surface area contributed by atoms with E-state index in [9.17, 15) is 0 Å². The van der Waals surface area contributed by atoms with Gasteiger partial charge in [-0.1, -0.05) is 146 Å². The predicted molar refractivity (Wildman–Crippen MR) is 190 cm³/mol. The zero-order valence-corrected chi connectivity index (χ0v) is 24.2. The average Bonchev–Trinajstić information content (AvgIpc) is 3.10. The summed E-state index contributed by atoms with van der Waals surface area (Å²) in [5, 5.41) is 12.7. The minimum atomic E-state index is 1.23. The zero-order chi connectivity index (χ0) is 29.0. The quantitative estimate of drug-likeness (QED) is 0.190. The molecule has 0 aromatic heterocycles. The van der Waals surface area contributed by atoms with E-state index in [4.69, 9.17) is 0 Å². The van der Waals surface area contributed by atoms with Crippen LogP contribution in [0.3, 0.4) is 0 Å². The van der Waals surface area contributed by atoms with Crippen molar-refractivity contribution in [3.05, 3.63) is 170 Å². The van der Waals surface area contributed by atoms with E-state index in [0.717, 1.165) is 0 Å². The van der Waals surface area contributed by atoms with E-state index >= 15 is 0 Å². The van der Waals surface area contributed by atoms with Gasteiger partial charge in [0.2, 0.25) is 0 Å². The fourth-order valence-corrected chi connectivity index (χ4v) is 7.09. The molecule has 9 rings (SSSR count). The zero-order valence-electron chi connectivity index (χ0n) is 24.2. The van der Waals surface area contributed by atoms with E-state index in [2.05, 4.69) is 170 Å². The molecule has 0 atom stereocenters. The minimum Gasteiger partial charge on any atom is -0.0622 e. The summed E-state index contributed by atoms with van der Waals surface area (Å²) in [5.41, 5.74) is 7.51. The molecule has 0 amide bonds. The van der Waals surface area contributed by atoms with Crippen LogP contribution in [-0.2, 0) is 0 Å². The molecule has 0 nitrogen and oxygen atoms in total. The second-order valence-corrected chi connectivity index (χ2v) is 11.7. The van der Waals surface area contributed by atoms with E-state index < -0.39 is 0 Å². The van der Waals surface area contributed by atoms with E-state index in [1.54, 1.807) is 0 Å². The molecular weight excluding hydrogens is 528 g/mol. The molecule has 0 saturated carbocycles. The SMILES string of the molecule is c1ccc(-c2ccc3c(c2)c(-c2cccc4ccccc24)cc2c4ccccc4c(-c4ccc5ccccc5c4)cc32)cc1. The van der Waals surface area contributed by atoms with E-state index in [1.165, 1.54) is 87.2 Å². The van der Waals surface area contributed by atoms with Crippen LogP contribution in [0, 0.1) is 0 Å². The molecule has 0 aliphatic heterocycles. The van der Waals surface area contributed by atoms with Gasteiger partial charge in [0.25, 0.3) is 0 Å². The van der Waals surface area contributed by atoms with Crippen molar-refractivity contribution in [2.24, 2.45) is 0 Å². The number of hydrogen-bond donors (Lipinski definition) is 0. The van der Waals surface area contributed by atoms with Gasteiger partial charge in [0.05, 0.1) is 0 Å². The number of rotatable bonds is 3. The normalized spacial score (nSPS) is 11.6. The van der Waals surface area contributed by atoms with Crippen LogP contribution < -0.4 is 0 Å². The molecule has 0 unspecified atom stereocenters. The van der Waals surface area contributed by atoms with Crippen molar-refractivity contribution in [1.82, 2.24) is 0 Å². The Morgan fingerprint density at radius 2 is 0.818 bits per heavy atom. The van der Waals surface area contributed by atoms with Crippen molar-refractivity contribution in [1.29, 1.82) is 0 Å². The van der Waals surface area contributed by atoms with Crippen molar-refractivity contribution in [2.75, 3.05) is 0 Å². The second kappa shape index (κ2) is 9.93. The van der Waals surface area contributed by atoms with Crippen LogP contribution in [0.25, 0.3) is 87.2 Å². The van der Waals surface area contributed by atoms with Crippen molar-refractivity contribution >= 4 is 53.9 Å². The molecule has 9 aromatic carbocycles. The Bertz CT molecular complexity index is 2530. The Balaban J connectivity index is 1.42. The van der Waals surface area contributed by atoms with Gasteiger partial charge in [0, 0.05) is 0 Å². The standard InChI is InChI=1S/C44H28/c1-2-11-29(12-3-1)33-23-24-39-41(26-33)43(36-20-10-16-31-14-6-7-17-35(31)36)28-44-38-19-9-8-18-37(38)40(27-42(39)44)34-22-21-30-13-4-5-15-32(30)25-34/h1-28H. The molecule has 0 spiro atoms. The van der Waals surface area contributed by atoms with Gasteiger partial charge in [-0.3, -0.25) is 0 Å². The summed E-state index contributed by atoms with van der Waals surface area (Å²) in [7, 11) is 0. The summed E-state index contributed by atoms with van der Waals surface area (Å²) in [5.74, 6) is 0. The van der Waals surface area contributed by atoms with Gasteiger partial charge in [-0.15, -0.1) is 0 Å². The molecule has 0 heteroatoms. The summed E-state index contributed by atoms with van der Waals surface area (Å²) in [4.78, 5) is 0. The summed E-state index contributed by atoms with van der Waals surface area (Å²) < 4.78 is 0. The first-order chi connectivity index (χ1) is 21.8. The van der Waals surface area contributed by atoms with Crippen LogP contribution in [0.4, 0.5) is 0 Å². The van der Waals surface area contributed by atoms with Gasteiger partial charge in [0.1, 0.15) is 0 Å². The third kappa shape index (κ3) is 3.92. The predicted octanol–water partition coefficient (Wildman–Crippen LogP) is 12.5. The molecule has 0 N–H and O–H groups in total. The average molecular weight is 557 g/mol. The molecule has 0 heterocycles. The van der Waals surface area contributed by atoms with Gasteiger partial charge in [-0.2, -0.15) is 0 Å². The van der Waals surface area contributed by atoms with E-state index in [0.29, 0.717) is 0 Å². The Hall–Kier alpha value is -5.72. The molecule has 0 saturated heterocycles. The highest BCUT2D eigenvalue weighted by atomic mass is 14.2. The Morgan fingerprint density at radius 1 is 0.205 bits per heavy atom. The third-order valence-electron chi connectivity index (χ3n) is 9.22. The van der Waals surface area contributed by atoms with Crippen molar-refractivity contribution in [3.63, 3.8) is 0 Å². The molecule has 0 fully saturated rings. The Kier molecular flexibility index (Phi) is 5.61. The van der Waals surface area contributed by atoms with Gasteiger partial charge in [0.15, 0.2) is 0 Å². The maximum atomic E-state index is 2.45. The molecule has 0 radical (unpaired) electrons. The van der Waals surface area contributed by atoms with Crippen molar-refractivity contribution in [2.45, 2.75) is 0 Å². The summed E-state index contributed by atoms with van der Waals surface area (Å²) in [6, 6.07) is 62.4. The summed E-state index contributed by atoms with van der Waals surface area (Å²) >= 11 is 0. The maximum absolute atomic E-state index is 2.45. The highest BCUT2D eigenvalue weighted by molar-refractivity contribution is 6.25. The first-order valence-electron chi connectivity index (χ1n) is 15.3. The highest BCUT2D eigenvalue weighted by Crippen LogP contribution is 2.44. The van der Waals surface area contributed by atoms with Crippen molar-refractivity contribution < 1.29 is 0 Å². The van der Waals surface area contributed by atoms with Gasteiger partial charge < -0.3 is 0 Å². The minimum absolute atomic E-state index is 1.23. The highest BCUT2D eigenvalue weighted by Gasteiger charge is 2.16. The molecule has 204 valence electrons. The smallest absolute Gasteiger partial charge is 0.00923 e. The van der Waals surface area contributed by atoms with Gasteiger partial charge >= 0.3 is 0 Å². The van der Waals surface area contributed by atoms with Crippen LogP contribution in [0.5, 0.6) is 0 Å². The number of fused-ring (bicyclic) bond motifs is 7. The lowest BCUT2D eigenvalue weighted by Crippen LogP contribution is -1.91. The molecule has 44 heavy (non-hydrogen) atoms. The Labute approximate surface area is 256 Å². The fraction of sp³-hybridized carbons (Fsp3) is 0. The lowest BCUT2D eigenvalue weighted by molar-refractivity contribution is 1.64. The van der Waals surface area contributed by atoms with E-state index in [1.807, 2.05) is 0 Å².